The number of nitrogens with zero attached hydrogens (tertiary/aromatic N) is 2. The number of carbonyl (C=O) groups is 1. The van der Waals surface area contributed by atoms with Crippen LogP contribution in [0, 0.1) is 19.8 Å². The lowest BCUT2D eigenvalue weighted by Gasteiger charge is -2.35. The highest BCUT2D eigenvalue weighted by Gasteiger charge is 2.27. The highest BCUT2D eigenvalue weighted by Crippen LogP contribution is 2.27. The van der Waals surface area contributed by atoms with Gasteiger partial charge in [-0.25, -0.2) is 0 Å². The summed E-state index contributed by atoms with van der Waals surface area (Å²) in [5.41, 5.74) is 3.21. The molecule has 0 radical (unpaired) electrons. The number of ketones is 1. The van der Waals surface area contributed by atoms with E-state index < -0.39 is 0 Å². The third-order valence-electron chi connectivity index (χ3n) is 5.22. The summed E-state index contributed by atoms with van der Waals surface area (Å²) in [5.74, 6) is 0.975. The Morgan fingerprint density at radius 3 is 2.57 bits per heavy atom. The molecule has 3 nitrogen and oxygen atoms in total. The summed E-state index contributed by atoms with van der Waals surface area (Å²) < 4.78 is 2.22. The van der Waals surface area contributed by atoms with E-state index >= 15 is 0 Å². The number of aromatic nitrogens is 1. The van der Waals surface area contributed by atoms with Crippen molar-refractivity contribution in [1.29, 1.82) is 0 Å². The van der Waals surface area contributed by atoms with Gasteiger partial charge in [-0.2, -0.15) is 0 Å². The molecule has 1 aromatic rings. The van der Waals surface area contributed by atoms with Crippen molar-refractivity contribution in [1.82, 2.24) is 9.47 Å². The van der Waals surface area contributed by atoms with Gasteiger partial charge in [0.15, 0.2) is 5.78 Å². The molecule has 2 unspecified atom stereocenters. The SMILES string of the molecule is CCn1c(C)cc(C(=O)CN(C)C2CCCCC2C)c1C. The second-order valence-corrected chi connectivity index (χ2v) is 6.70. The molecule has 0 spiro atoms. The van der Waals surface area contributed by atoms with E-state index in [2.05, 4.69) is 50.3 Å². The average molecular weight is 290 g/mol. The van der Waals surface area contributed by atoms with E-state index in [-0.39, 0.29) is 5.78 Å². The third-order valence-corrected chi connectivity index (χ3v) is 5.22. The molecule has 1 aromatic heterocycles. The lowest BCUT2D eigenvalue weighted by atomic mass is 9.85. The van der Waals surface area contributed by atoms with E-state index in [0.29, 0.717) is 18.5 Å². The minimum atomic E-state index is 0.267. The van der Waals surface area contributed by atoms with Crippen LogP contribution in [-0.2, 0) is 6.54 Å². The summed E-state index contributed by atoms with van der Waals surface area (Å²) in [5, 5.41) is 0. The van der Waals surface area contributed by atoms with Crippen LogP contribution < -0.4 is 0 Å². The minimum Gasteiger partial charge on any atom is -0.349 e. The van der Waals surface area contributed by atoms with Gasteiger partial charge in [-0.3, -0.25) is 9.69 Å². The molecule has 1 fully saturated rings. The molecule has 0 aromatic carbocycles. The highest BCUT2D eigenvalue weighted by molar-refractivity contribution is 5.99. The number of carbonyl (C=O) groups excluding carboxylic acids is 1. The van der Waals surface area contributed by atoms with Gasteiger partial charge in [0.05, 0.1) is 6.54 Å². The molecule has 118 valence electrons. The highest BCUT2D eigenvalue weighted by atomic mass is 16.1. The molecule has 1 aliphatic carbocycles. The van der Waals surface area contributed by atoms with Crippen LogP contribution in [0.4, 0.5) is 0 Å². The van der Waals surface area contributed by atoms with Crippen LogP contribution in [-0.4, -0.2) is 34.9 Å². The largest absolute Gasteiger partial charge is 0.349 e. The van der Waals surface area contributed by atoms with Gasteiger partial charge in [0.25, 0.3) is 0 Å². The third kappa shape index (κ3) is 3.39. The van der Waals surface area contributed by atoms with Crippen molar-refractivity contribution < 1.29 is 4.79 Å². The second kappa shape index (κ2) is 6.78. The summed E-state index contributed by atoms with van der Waals surface area (Å²) in [4.78, 5) is 14.9. The van der Waals surface area contributed by atoms with E-state index in [1.54, 1.807) is 0 Å². The molecule has 1 saturated carbocycles. The fraction of sp³-hybridized carbons (Fsp3) is 0.722. The van der Waals surface area contributed by atoms with Crippen molar-refractivity contribution in [3.8, 4) is 0 Å². The molecule has 0 amide bonds. The Hall–Kier alpha value is -1.09. The fourth-order valence-electron chi connectivity index (χ4n) is 3.95. The zero-order chi connectivity index (χ0) is 15.6. The smallest absolute Gasteiger partial charge is 0.178 e. The van der Waals surface area contributed by atoms with E-state index in [4.69, 9.17) is 0 Å². The first-order valence-electron chi connectivity index (χ1n) is 8.35. The molecule has 21 heavy (non-hydrogen) atoms. The topological polar surface area (TPSA) is 25.2 Å². The van der Waals surface area contributed by atoms with Crippen LogP contribution in [0.5, 0.6) is 0 Å². The number of hydrogen-bond donors (Lipinski definition) is 0. The second-order valence-electron chi connectivity index (χ2n) is 6.70. The first-order valence-corrected chi connectivity index (χ1v) is 8.35. The van der Waals surface area contributed by atoms with Crippen molar-refractivity contribution in [2.24, 2.45) is 5.92 Å². The van der Waals surface area contributed by atoms with E-state index in [0.717, 1.165) is 17.8 Å². The zero-order valence-corrected chi connectivity index (χ0v) is 14.3. The lowest BCUT2D eigenvalue weighted by Crippen LogP contribution is -2.41. The molecule has 3 heteroatoms. The van der Waals surface area contributed by atoms with Gasteiger partial charge in [0.1, 0.15) is 0 Å². The number of hydrogen-bond acceptors (Lipinski definition) is 2. The molecular weight excluding hydrogens is 260 g/mol. The summed E-state index contributed by atoms with van der Waals surface area (Å²) >= 11 is 0. The van der Waals surface area contributed by atoms with Crippen molar-refractivity contribution in [2.45, 2.75) is 66.0 Å². The predicted molar refractivity (Wildman–Crippen MR) is 88.0 cm³/mol. The van der Waals surface area contributed by atoms with Gasteiger partial charge in [-0.15, -0.1) is 0 Å². The van der Waals surface area contributed by atoms with Crippen molar-refractivity contribution in [2.75, 3.05) is 13.6 Å². The fourth-order valence-corrected chi connectivity index (χ4v) is 3.95. The van der Waals surface area contributed by atoms with Crippen molar-refractivity contribution >= 4 is 5.78 Å². The molecule has 0 bridgehead atoms. The summed E-state index contributed by atoms with van der Waals surface area (Å²) in [6.07, 6.45) is 5.18. The maximum absolute atomic E-state index is 12.7. The first kappa shape index (κ1) is 16.3. The van der Waals surface area contributed by atoms with Crippen LogP contribution in [0.25, 0.3) is 0 Å². The molecule has 1 aliphatic rings. The monoisotopic (exact) mass is 290 g/mol. The predicted octanol–water partition coefficient (Wildman–Crippen LogP) is 3.82. The Morgan fingerprint density at radius 2 is 2.00 bits per heavy atom. The summed E-state index contributed by atoms with van der Waals surface area (Å²) in [7, 11) is 2.11. The Bertz CT molecular complexity index is 504. The minimum absolute atomic E-state index is 0.267. The van der Waals surface area contributed by atoms with E-state index in [9.17, 15) is 4.79 Å². The summed E-state index contributed by atoms with van der Waals surface area (Å²) in [6, 6.07) is 2.62. The molecule has 0 N–H and O–H groups in total. The Morgan fingerprint density at radius 1 is 1.33 bits per heavy atom. The van der Waals surface area contributed by atoms with Crippen molar-refractivity contribution in [3.05, 3.63) is 23.0 Å². The van der Waals surface area contributed by atoms with Crippen LogP contribution in [0.1, 0.15) is 61.3 Å². The van der Waals surface area contributed by atoms with Crippen LogP contribution in [0.2, 0.25) is 0 Å². The summed E-state index contributed by atoms with van der Waals surface area (Å²) in [6.45, 7) is 10.1. The van der Waals surface area contributed by atoms with Gasteiger partial charge >= 0.3 is 0 Å². The molecule has 0 saturated heterocycles. The first-order chi connectivity index (χ1) is 9.95. The Balaban J connectivity index is 2.07. The van der Waals surface area contributed by atoms with Crippen LogP contribution in [0.3, 0.4) is 0 Å². The number of Topliss-reactive ketones (excluding diaryl/α,β-unsaturated/α-hetero) is 1. The standard InChI is InChI=1S/C18H30N2O/c1-6-20-14(3)11-16(15(20)4)18(21)12-19(5)17-10-8-7-9-13(17)2/h11,13,17H,6-10,12H2,1-5H3. The number of likely N-dealkylation sites (N-methyl/N-ethyl adjacent to an activating group) is 1. The zero-order valence-electron chi connectivity index (χ0n) is 14.3. The maximum Gasteiger partial charge on any atom is 0.178 e. The average Bonchev–Trinajstić information content (AvgIpc) is 2.73. The van der Waals surface area contributed by atoms with E-state index in [1.165, 1.54) is 31.4 Å². The molecule has 2 rings (SSSR count). The van der Waals surface area contributed by atoms with Gasteiger partial charge in [0.2, 0.25) is 0 Å². The molecular formula is C18H30N2O. The number of rotatable bonds is 5. The molecule has 0 aliphatic heterocycles. The van der Waals surface area contributed by atoms with Crippen LogP contribution >= 0.6 is 0 Å². The molecule has 2 atom stereocenters. The van der Waals surface area contributed by atoms with E-state index in [1.807, 2.05) is 0 Å². The number of aryl methyl sites for hydroxylation is 1. The lowest BCUT2D eigenvalue weighted by molar-refractivity contribution is 0.0850. The van der Waals surface area contributed by atoms with Crippen molar-refractivity contribution in [3.63, 3.8) is 0 Å². The Kier molecular flexibility index (Phi) is 5.26. The van der Waals surface area contributed by atoms with Gasteiger partial charge in [-0.05, 0) is 52.6 Å². The normalized spacial score (nSPS) is 22.8. The maximum atomic E-state index is 12.7. The van der Waals surface area contributed by atoms with Gasteiger partial charge in [0, 0.05) is 29.5 Å². The van der Waals surface area contributed by atoms with Crippen LogP contribution in [0.15, 0.2) is 6.07 Å². The molecule has 1 heterocycles. The van der Waals surface area contributed by atoms with Gasteiger partial charge in [-0.1, -0.05) is 19.8 Å². The Labute approximate surface area is 129 Å². The quantitative estimate of drug-likeness (QED) is 0.770. The van der Waals surface area contributed by atoms with Gasteiger partial charge < -0.3 is 4.57 Å².